The minimum atomic E-state index is -1.07. The van der Waals surface area contributed by atoms with Gasteiger partial charge in [0.05, 0.1) is 5.52 Å². The zero-order valence-corrected chi connectivity index (χ0v) is 17.9. The second kappa shape index (κ2) is 9.09. The van der Waals surface area contributed by atoms with Gasteiger partial charge in [-0.05, 0) is 60.7 Å². The molecule has 0 amide bonds. The fourth-order valence-electron chi connectivity index (χ4n) is 4.27. The highest BCUT2D eigenvalue weighted by Gasteiger charge is 2.21. The number of aliphatic carboxylic acids is 1. The highest BCUT2D eigenvalue weighted by Crippen LogP contribution is 2.37. The Bertz CT molecular complexity index is 1190. The van der Waals surface area contributed by atoms with E-state index in [4.69, 9.17) is 4.74 Å². The van der Waals surface area contributed by atoms with Crippen molar-refractivity contribution in [2.45, 2.75) is 39.2 Å². The number of nitrogens with zero attached hydrogens (tertiary/aromatic N) is 1. The molecule has 0 unspecified atom stereocenters. The predicted molar refractivity (Wildman–Crippen MR) is 121 cm³/mol. The van der Waals surface area contributed by atoms with E-state index >= 15 is 0 Å². The summed E-state index contributed by atoms with van der Waals surface area (Å²) < 4.78 is 8.21. The van der Waals surface area contributed by atoms with Gasteiger partial charge in [0.25, 0.3) is 0 Å². The first-order chi connectivity index (χ1) is 15.1. The number of carboxylic acids is 1. The van der Waals surface area contributed by atoms with E-state index in [1.807, 2.05) is 54.6 Å². The Kier molecular flexibility index (Phi) is 6.08. The Morgan fingerprint density at radius 1 is 0.968 bits per heavy atom. The number of para-hydroxylation sites is 2. The Hall–Kier alpha value is -3.53. The van der Waals surface area contributed by atoms with Crippen LogP contribution in [-0.2, 0) is 17.8 Å². The monoisotopic (exact) mass is 412 g/mol. The molecule has 3 aromatic carbocycles. The van der Waals surface area contributed by atoms with Gasteiger partial charge in [-0.3, -0.25) is 0 Å². The summed E-state index contributed by atoms with van der Waals surface area (Å²) in [6, 6.07) is 23.5. The average molecular weight is 413 g/mol. The van der Waals surface area contributed by atoms with Gasteiger partial charge in [-0.1, -0.05) is 55.5 Å². The summed E-state index contributed by atoms with van der Waals surface area (Å²) in [6.07, 6.45) is 2.93. The molecule has 0 saturated heterocycles. The van der Waals surface area contributed by atoms with E-state index in [0.29, 0.717) is 5.75 Å². The van der Waals surface area contributed by atoms with Gasteiger partial charge in [0, 0.05) is 30.0 Å². The molecular weight excluding hydrogens is 386 g/mol. The zero-order valence-electron chi connectivity index (χ0n) is 17.9. The molecule has 4 aromatic rings. The summed E-state index contributed by atoms with van der Waals surface area (Å²) in [7, 11) is 0. The standard InChI is InChI=1S/C27H27NO3/c1-3-19-10-9-15-23-25(18-28(4-2)27(19)23)24(17-26(29)30)20-11-8-14-22(16-20)31-21-12-6-5-7-13-21/h5-16,18,24H,3-4,17H2,1-2H3,(H,29,30)/p-1/t24-/m0/s1. The van der Waals surface area contributed by atoms with Gasteiger partial charge in [-0.25, -0.2) is 0 Å². The lowest BCUT2D eigenvalue weighted by Gasteiger charge is -2.19. The number of ether oxygens (including phenoxy) is 1. The first kappa shape index (κ1) is 20.7. The number of fused-ring (bicyclic) bond motifs is 1. The number of rotatable bonds is 8. The molecular formula is C27H26NO3-. The number of carbonyl (C=O) groups is 1. The van der Waals surface area contributed by atoms with Gasteiger partial charge in [-0.15, -0.1) is 0 Å². The van der Waals surface area contributed by atoms with Crippen LogP contribution in [-0.4, -0.2) is 10.5 Å². The minimum absolute atomic E-state index is 0.0893. The van der Waals surface area contributed by atoms with Gasteiger partial charge in [-0.2, -0.15) is 0 Å². The lowest BCUT2D eigenvalue weighted by molar-refractivity contribution is -0.305. The predicted octanol–water partition coefficient (Wildman–Crippen LogP) is 5.29. The van der Waals surface area contributed by atoms with E-state index in [1.165, 1.54) is 11.1 Å². The van der Waals surface area contributed by atoms with Gasteiger partial charge >= 0.3 is 0 Å². The first-order valence-corrected chi connectivity index (χ1v) is 10.7. The van der Waals surface area contributed by atoms with Crippen molar-refractivity contribution in [3.05, 3.63) is 95.7 Å². The van der Waals surface area contributed by atoms with E-state index in [0.717, 1.165) is 35.2 Å². The summed E-state index contributed by atoms with van der Waals surface area (Å²) in [4.78, 5) is 11.7. The Morgan fingerprint density at radius 3 is 2.42 bits per heavy atom. The van der Waals surface area contributed by atoms with Crippen molar-refractivity contribution in [1.29, 1.82) is 0 Å². The molecule has 1 atom stereocenters. The van der Waals surface area contributed by atoms with Crippen LogP contribution in [0.2, 0.25) is 0 Å². The van der Waals surface area contributed by atoms with Crippen LogP contribution < -0.4 is 9.84 Å². The summed E-state index contributed by atoms with van der Waals surface area (Å²) in [6.45, 7) is 5.07. The van der Waals surface area contributed by atoms with E-state index in [9.17, 15) is 9.90 Å². The topological polar surface area (TPSA) is 54.3 Å². The van der Waals surface area contributed by atoms with Crippen LogP contribution in [0.3, 0.4) is 0 Å². The van der Waals surface area contributed by atoms with Crippen LogP contribution in [0.1, 0.15) is 42.9 Å². The van der Waals surface area contributed by atoms with Crippen LogP contribution >= 0.6 is 0 Å². The van der Waals surface area contributed by atoms with Gasteiger partial charge in [0.1, 0.15) is 11.5 Å². The fourth-order valence-corrected chi connectivity index (χ4v) is 4.27. The van der Waals surface area contributed by atoms with Crippen molar-refractivity contribution >= 4 is 16.9 Å². The molecule has 0 aliphatic rings. The Balaban J connectivity index is 1.81. The van der Waals surface area contributed by atoms with Crippen molar-refractivity contribution in [2.24, 2.45) is 0 Å². The maximum Gasteiger partial charge on any atom is 0.127 e. The average Bonchev–Trinajstić information content (AvgIpc) is 3.17. The minimum Gasteiger partial charge on any atom is -0.550 e. The molecule has 4 heteroatoms. The summed E-state index contributed by atoms with van der Waals surface area (Å²) in [5.74, 6) is 0.0296. The summed E-state index contributed by atoms with van der Waals surface area (Å²) in [5, 5.41) is 12.8. The Morgan fingerprint density at radius 2 is 1.71 bits per heavy atom. The SMILES string of the molecule is CCc1cccc2c([C@@H](CC(=O)[O-])c3cccc(Oc4ccccc4)c3)cn(CC)c12. The van der Waals surface area contributed by atoms with Crippen molar-refractivity contribution in [3.63, 3.8) is 0 Å². The van der Waals surface area contributed by atoms with E-state index in [2.05, 4.69) is 42.8 Å². The van der Waals surface area contributed by atoms with E-state index < -0.39 is 5.97 Å². The molecule has 31 heavy (non-hydrogen) atoms. The van der Waals surface area contributed by atoms with Crippen LogP contribution in [0.15, 0.2) is 79.0 Å². The van der Waals surface area contributed by atoms with Gasteiger partial charge in [0.2, 0.25) is 0 Å². The summed E-state index contributed by atoms with van der Waals surface area (Å²) >= 11 is 0. The highest BCUT2D eigenvalue weighted by atomic mass is 16.5. The molecule has 0 bridgehead atoms. The van der Waals surface area contributed by atoms with E-state index in [1.54, 1.807) is 0 Å². The molecule has 0 spiro atoms. The second-order valence-corrected chi connectivity index (χ2v) is 7.65. The normalized spacial score (nSPS) is 12.1. The third-order valence-corrected chi connectivity index (χ3v) is 5.72. The quantitative estimate of drug-likeness (QED) is 0.395. The van der Waals surface area contributed by atoms with Crippen LogP contribution in [0.5, 0.6) is 11.5 Å². The molecule has 1 heterocycles. The fraction of sp³-hybridized carbons (Fsp3) is 0.222. The molecule has 1 aromatic heterocycles. The molecule has 0 aliphatic heterocycles. The molecule has 0 saturated carbocycles. The maximum absolute atomic E-state index is 11.7. The molecule has 0 aliphatic carbocycles. The zero-order chi connectivity index (χ0) is 21.8. The summed E-state index contributed by atoms with van der Waals surface area (Å²) in [5.41, 5.74) is 4.35. The third-order valence-electron chi connectivity index (χ3n) is 5.72. The highest BCUT2D eigenvalue weighted by molar-refractivity contribution is 5.88. The van der Waals surface area contributed by atoms with Crippen LogP contribution in [0.4, 0.5) is 0 Å². The number of aryl methyl sites for hydroxylation is 2. The molecule has 0 radical (unpaired) electrons. The lowest BCUT2D eigenvalue weighted by Crippen LogP contribution is -2.24. The molecule has 0 N–H and O–H groups in total. The van der Waals surface area contributed by atoms with Gasteiger partial charge < -0.3 is 19.2 Å². The second-order valence-electron chi connectivity index (χ2n) is 7.65. The van der Waals surface area contributed by atoms with Crippen LogP contribution in [0, 0.1) is 0 Å². The van der Waals surface area contributed by atoms with Gasteiger partial charge in [0.15, 0.2) is 0 Å². The number of benzene rings is 3. The number of hydrogen-bond donors (Lipinski definition) is 0. The third kappa shape index (κ3) is 4.33. The molecule has 4 nitrogen and oxygen atoms in total. The van der Waals surface area contributed by atoms with E-state index in [-0.39, 0.29) is 12.3 Å². The largest absolute Gasteiger partial charge is 0.550 e. The van der Waals surface area contributed by atoms with Crippen molar-refractivity contribution in [2.75, 3.05) is 0 Å². The van der Waals surface area contributed by atoms with Crippen molar-refractivity contribution in [3.8, 4) is 11.5 Å². The number of carbonyl (C=O) groups excluding carboxylic acids is 1. The Labute approximate surface area is 182 Å². The first-order valence-electron chi connectivity index (χ1n) is 10.7. The molecule has 0 fully saturated rings. The number of carboxylic acid groups (broad SMARTS) is 1. The lowest BCUT2D eigenvalue weighted by atomic mass is 9.88. The molecule has 4 rings (SSSR count). The van der Waals surface area contributed by atoms with Crippen LogP contribution in [0.25, 0.3) is 10.9 Å². The molecule has 158 valence electrons. The number of aromatic nitrogens is 1. The maximum atomic E-state index is 11.7. The smallest absolute Gasteiger partial charge is 0.127 e. The van der Waals surface area contributed by atoms with Crippen molar-refractivity contribution in [1.82, 2.24) is 4.57 Å². The number of hydrogen-bond acceptors (Lipinski definition) is 3. The van der Waals surface area contributed by atoms with Crippen molar-refractivity contribution < 1.29 is 14.6 Å².